The predicted octanol–water partition coefficient (Wildman–Crippen LogP) is 7.32. The molecule has 5 aromatic rings. The first-order chi connectivity index (χ1) is 21.2. The van der Waals surface area contributed by atoms with Gasteiger partial charge in [-0.1, -0.05) is 11.9 Å². The Bertz CT molecular complexity index is 1880. The predicted molar refractivity (Wildman–Crippen MR) is 172 cm³/mol. The molecule has 1 unspecified atom stereocenters. The fraction of sp³-hybridized carbons (Fsp3) is 0.294. The average molecular weight is 617 g/mol. The number of furan rings is 1. The Balaban J connectivity index is 1.32. The molecule has 1 aliphatic rings. The van der Waals surface area contributed by atoms with Crippen LogP contribution in [0.15, 0.2) is 65.1 Å². The third-order valence-corrected chi connectivity index (χ3v) is 9.42. The molecule has 7 nitrogen and oxygen atoms in total. The summed E-state index contributed by atoms with van der Waals surface area (Å²) < 4.78 is 37.9. The minimum absolute atomic E-state index is 0.0404. The molecule has 0 aliphatic carbocycles. The van der Waals surface area contributed by atoms with Crippen LogP contribution in [0.25, 0.3) is 33.2 Å². The normalized spacial score (nSPS) is 15.2. The number of carbonyl (C=O) groups is 2. The van der Waals surface area contributed by atoms with E-state index >= 15 is 0 Å². The summed E-state index contributed by atoms with van der Waals surface area (Å²) in [5, 5.41) is 4.09. The van der Waals surface area contributed by atoms with Gasteiger partial charge >= 0.3 is 0 Å². The molecule has 0 saturated carbocycles. The molecule has 3 heterocycles. The van der Waals surface area contributed by atoms with Gasteiger partial charge in [0.15, 0.2) is 0 Å². The number of hydrogen-bond acceptors (Lipinski definition) is 5. The fourth-order valence-electron chi connectivity index (χ4n) is 6.37. The van der Waals surface area contributed by atoms with Crippen LogP contribution in [0.4, 0.5) is 14.5 Å². The first-order valence-corrected chi connectivity index (χ1v) is 15.8. The molecule has 1 aliphatic heterocycles. The Morgan fingerprint density at radius 1 is 1.02 bits per heavy atom. The summed E-state index contributed by atoms with van der Waals surface area (Å²) in [6.45, 7) is 3.12. The third-order valence-electron chi connectivity index (χ3n) is 8.62. The maximum atomic E-state index is 14.1. The Morgan fingerprint density at radius 3 is 2.50 bits per heavy atom. The summed E-state index contributed by atoms with van der Waals surface area (Å²) >= 11 is 1.55. The number of hydrogen-bond donors (Lipinski definition) is 1. The van der Waals surface area contributed by atoms with Crippen LogP contribution in [0.3, 0.4) is 0 Å². The lowest BCUT2D eigenvalue weighted by atomic mass is 10.0. The number of fused-ring (bicyclic) bond motifs is 2. The van der Waals surface area contributed by atoms with Crippen molar-refractivity contribution in [1.29, 1.82) is 0 Å². The quantitative estimate of drug-likeness (QED) is 0.194. The molecule has 1 saturated heterocycles. The maximum Gasteiger partial charge on any atom is 0.271 e. The van der Waals surface area contributed by atoms with E-state index in [1.807, 2.05) is 47.9 Å². The van der Waals surface area contributed by atoms with Crippen LogP contribution in [0.1, 0.15) is 45.7 Å². The monoisotopic (exact) mass is 616 g/mol. The zero-order valence-electron chi connectivity index (χ0n) is 25.1. The summed E-state index contributed by atoms with van der Waals surface area (Å²) in [4.78, 5) is 29.0. The van der Waals surface area contributed by atoms with Gasteiger partial charge in [-0.15, -0.1) is 0 Å². The molecule has 1 atom stereocenters. The van der Waals surface area contributed by atoms with E-state index in [1.54, 1.807) is 37.2 Å². The molecule has 3 aromatic carbocycles. The lowest BCUT2D eigenvalue weighted by Crippen LogP contribution is -2.49. The van der Waals surface area contributed by atoms with E-state index in [4.69, 9.17) is 4.42 Å². The summed E-state index contributed by atoms with van der Waals surface area (Å²) in [6, 6.07) is 16.2. The van der Waals surface area contributed by atoms with Gasteiger partial charge in [0.2, 0.25) is 0 Å². The lowest BCUT2D eigenvalue weighted by molar-refractivity contribution is 0.0615. The molecule has 2 aromatic heterocycles. The highest BCUT2D eigenvalue weighted by Crippen LogP contribution is 2.37. The van der Waals surface area contributed by atoms with E-state index in [-0.39, 0.29) is 29.5 Å². The summed E-state index contributed by atoms with van der Waals surface area (Å²) in [7, 11) is 3.42. The number of likely N-dealkylation sites (tertiary alicyclic amines) is 1. The Kier molecular flexibility index (Phi) is 8.11. The highest BCUT2D eigenvalue weighted by molar-refractivity contribution is 7.99. The zero-order chi connectivity index (χ0) is 31.1. The molecule has 2 amide bonds. The smallest absolute Gasteiger partial charge is 0.271 e. The van der Waals surface area contributed by atoms with Crippen molar-refractivity contribution < 1.29 is 22.8 Å². The Hall–Kier alpha value is -4.31. The second-order valence-corrected chi connectivity index (χ2v) is 12.0. The van der Waals surface area contributed by atoms with Gasteiger partial charge in [0.25, 0.3) is 11.8 Å². The Morgan fingerprint density at radius 2 is 1.77 bits per heavy atom. The first-order valence-electron chi connectivity index (χ1n) is 14.6. The largest absolute Gasteiger partial charge is 0.455 e. The molecule has 10 heteroatoms. The van der Waals surface area contributed by atoms with E-state index in [1.165, 1.54) is 24.3 Å². The molecule has 1 N–H and O–H groups in total. The molecule has 1 fully saturated rings. The summed E-state index contributed by atoms with van der Waals surface area (Å²) in [5.74, 6) is -0.656. The number of aryl methyl sites for hydroxylation is 2. The van der Waals surface area contributed by atoms with E-state index in [2.05, 4.69) is 9.62 Å². The van der Waals surface area contributed by atoms with Gasteiger partial charge in [-0.05, 0) is 86.3 Å². The number of anilines is 1. The summed E-state index contributed by atoms with van der Waals surface area (Å²) in [6.07, 6.45) is 4.79. The molecule has 0 radical (unpaired) electrons. The van der Waals surface area contributed by atoms with Crippen LogP contribution >= 0.6 is 11.9 Å². The van der Waals surface area contributed by atoms with Crippen molar-refractivity contribution in [1.82, 2.24) is 14.8 Å². The lowest BCUT2D eigenvalue weighted by Gasteiger charge is -2.39. The van der Waals surface area contributed by atoms with Crippen molar-refractivity contribution in [3.63, 3.8) is 0 Å². The standard InChI is InChI=1S/C34H34F2N4O3S/c1-20-27-17-23(36)12-15-28(27)38(3)31(20)34(42)39-16-6-5-7-25(39)19-40(44-4)24-13-14-26-29(18-24)43-32(30(26)33(41)37-2)21-8-10-22(35)11-9-21/h8-15,17-18,25H,5-7,16,19H2,1-4H3,(H,37,41). The van der Waals surface area contributed by atoms with Crippen molar-refractivity contribution in [2.75, 3.05) is 30.7 Å². The van der Waals surface area contributed by atoms with Crippen LogP contribution in [-0.2, 0) is 7.05 Å². The minimum Gasteiger partial charge on any atom is -0.455 e. The number of amides is 2. The van der Waals surface area contributed by atoms with Gasteiger partial charge in [-0.2, -0.15) is 0 Å². The zero-order valence-corrected chi connectivity index (χ0v) is 25.9. The molecule has 44 heavy (non-hydrogen) atoms. The number of benzene rings is 3. The topological polar surface area (TPSA) is 70.7 Å². The number of nitrogens with one attached hydrogen (secondary N) is 1. The van der Waals surface area contributed by atoms with Crippen LogP contribution in [0.2, 0.25) is 0 Å². The molecule has 6 rings (SSSR count). The van der Waals surface area contributed by atoms with Crippen molar-refractivity contribution in [2.24, 2.45) is 7.05 Å². The average Bonchev–Trinajstić information content (AvgIpc) is 3.53. The van der Waals surface area contributed by atoms with Crippen molar-refractivity contribution >= 4 is 51.3 Å². The number of halogens is 2. The van der Waals surface area contributed by atoms with E-state index in [0.717, 1.165) is 41.4 Å². The molecular formula is C34H34F2N4O3S. The molecular weight excluding hydrogens is 582 g/mol. The van der Waals surface area contributed by atoms with Crippen LogP contribution in [-0.4, -0.2) is 53.7 Å². The summed E-state index contributed by atoms with van der Waals surface area (Å²) in [5.41, 5.74) is 4.61. The molecule has 228 valence electrons. The van der Waals surface area contributed by atoms with Gasteiger partial charge in [-0.25, -0.2) is 8.78 Å². The van der Waals surface area contributed by atoms with Gasteiger partial charge < -0.3 is 23.5 Å². The SMILES string of the molecule is CNC(=O)c1c(-c2ccc(F)cc2)oc2cc(N(CC3CCCCN3C(=O)c3c(C)c4cc(F)ccc4n3C)SC)ccc12. The second kappa shape index (κ2) is 12.0. The number of nitrogens with zero attached hydrogens (tertiary/aromatic N) is 3. The Labute approximate surface area is 258 Å². The van der Waals surface area contributed by atoms with Crippen LogP contribution in [0, 0.1) is 18.6 Å². The van der Waals surface area contributed by atoms with E-state index in [0.29, 0.717) is 46.6 Å². The van der Waals surface area contributed by atoms with Gasteiger partial charge in [0.05, 0.1) is 23.8 Å². The highest BCUT2D eigenvalue weighted by atomic mass is 32.2. The minimum atomic E-state index is -0.371. The molecule has 0 bridgehead atoms. The number of rotatable bonds is 7. The van der Waals surface area contributed by atoms with Crippen LogP contribution in [0.5, 0.6) is 0 Å². The van der Waals surface area contributed by atoms with Crippen molar-refractivity contribution in [3.8, 4) is 11.3 Å². The number of aromatic nitrogens is 1. The molecule has 0 spiro atoms. The third kappa shape index (κ3) is 5.21. The number of carbonyl (C=O) groups excluding carboxylic acids is 2. The van der Waals surface area contributed by atoms with Gasteiger partial charge in [0.1, 0.15) is 28.7 Å². The van der Waals surface area contributed by atoms with Gasteiger partial charge in [-0.3, -0.25) is 9.59 Å². The first kappa shape index (κ1) is 29.7. The van der Waals surface area contributed by atoms with E-state index in [9.17, 15) is 18.4 Å². The van der Waals surface area contributed by atoms with Crippen LogP contribution < -0.4 is 9.62 Å². The number of piperidine rings is 1. The fourth-order valence-corrected chi connectivity index (χ4v) is 7.02. The van der Waals surface area contributed by atoms with Crippen molar-refractivity contribution in [3.05, 3.63) is 89.1 Å². The second-order valence-electron chi connectivity index (χ2n) is 11.2. The highest BCUT2D eigenvalue weighted by Gasteiger charge is 2.32. The maximum absolute atomic E-state index is 14.1. The van der Waals surface area contributed by atoms with Gasteiger partial charge in [0, 0.05) is 54.8 Å². The van der Waals surface area contributed by atoms with E-state index < -0.39 is 0 Å². The van der Waals surface area contributed by atoms with Crippen molar-refractivity contribution in [2.45, 2.75) is 32.2 Å².